The van der Waals surface area contributed by atoms with Gasteiger partial charge in [-0.3, -0.25) is 14.9 Å². The molecular formula is C15H13N5O4. The van der Waals surface area contributed by atoms with Gasteiger partial charge in [0.15, 0.2) is 0 Å². The molecule has 3 rings (SSSR count). The molecule has 0 bridgehead atoms. The molecule has 122 valence electrons. The van der Waals surface area contributed by atoms with Crippen molar-refractivity contribution in [3.63, 3.8) is 0 Å². The third kappa shape index (κ3) is 3.46. The van der Waals surface area contributed by atoms with E-state index >= 15 is 0 Å². The lowest BCUT2D eigenvalue weighted by Crippen LogP contribution is -2.28. The third-order valence-electron chi connectivity index (χ3n) is 3.28. The molecule has 0 aliphatic carbocycles. The quantitative estimate of drug-likeness (QED) is 0.403. The maximum atomic E-state index is 12.0. The number of benzene rings is 2. The van der Waals surface area contributed by atoms with E-state index in [1.807, 2.05) is 0 Å². The highest BCUT2D eigenvalue weighted by atomic mass is 16.6. The number of amides is 1. The van der Waals surface area contributed by atoms with Crippen molar-refractivity contribution in [2.75, 3.05) is 13.2 Å². The summed E-state index contributed by atoms with van der Waals surface area (Å²) < 4.78 is 5.42. The summed E-state index contributed by atoms with van der Waals surface area (Å²) in [5.74, 6) is 0.256. The van der Waals surface area contributed by atoms with Gasteiger partial charge in [0.2, 0.25) is 0 Å². The Hall–Kier alpha value is -3.49. The van der Waals surface area contributed by atoms with Crippen LogP contribution in [-0.4, -0.2) is 39.4 Å². The molecule has 2 N–H and O–H groups in total. The first-order chi connectivity index (χ1) is 11.6. The second-order valence-electron chi connectivity index (χ2n) is 4.88. The summed E-state index contributed by atoms with van der Waals surface area (Å²) in [4.78, 5) is 22.1. The molecule has 0 atom stereocenters. The van der Waals surface area contributed by atoms with Crippen molar-refractivity contribution >= 4 is 22.6 Å². The van der Waals surface area contributed by atoms with Crippen molar-refractivity contribution in [1.29, 1.82) is 0 Å². The highest BCUT2D eigenvalue weighted by Gasteiger charge is 2.08. The number of non-ortho nitro benzene ring substituents is 1. The second kappa shape index (κ2) is 6.73. The molecule has 0 aliphatic rings. The Balaban J connectivity index is 1.48. The summed E-state index contributed by atoms with van der Waals surface area (Å²) in [5, 5.41) is 23.6. The summed E-state index contributed by atoms with van der Waals surface area (Å²) in [6.45, 7) is 0.544. The van der Waals surface area contributed by atoms with E-state index in [-0.39, 0.29) is 18.2 Å². The minimum absolute atomic E-state index is 0.00102. The Morgan fingerprint density at radius 2 is 1.92 bits per heavy atom. The number of nitro groups is 1. The first kappa shape index (κ1) is 15.4. The Bertz CT molecular complexity index is 875. The van der Waals surface area contributed by atoms with E-state index in [4.69, 9.17) is 4.74 Å². The van der Waals surface area contributed by atoms with Crippen molar-refractivity contribution in [2.45, 2.75) is 0 Å². The number of H-pyrrole nitrogens is 1. The average Bonchev–Trinajstić information content (AvgIpc) is 3.06. The third-order valence-corrected chi connectivity index (χ3v) is 3.28. The number of nitro benzene ring substituents is 1. The normalized spacial score (nSPS) is 10.5. The SMILES string of the molecule is O=C(NCCOc1ccc([N+](=O)[O-])cc1)c1ccc2n[nH]nc2c1. The van der Waals surface area contributed by atoms with Crippen LogP contribution in [0.15, 0.2) is 42.5 Å². The Labute approximate surface area is 135 Å². The fourth-order valence-electron chi connectivity index (χ4n) is 2.08. The molecule has 0 saturated heterocycles. The van der Waals surface area contributed by atoms with Gasteiger partial charge in [0.05, 0.1) is 11.5 Å². The van der Waals surface area contributed by atoms with Gasteiger partial charge in [-0.25, -0.2) is 0 Å². The molecule has 9 nitrogen and oxygen atoms in total. The lowest BCUT2D eigenvalue weighted by atomic mass is 10.2. The van der Waals surface area contributed by atoms with Crippen molar-refractivity contribution in [2.24, 2.45) is 0 Å². The van der Waals surface area contributed by atoms with Gasteiger partial charge in [-0.2, -0.15) is 15.4 Å². The van der Waals surface area contributed by atoms with Crippen molar-refractivity contribution in [3.8, 4) is 5.75 Å². The maximum absolute atomic E-state index is 12.0. The zero-order valence-electron chi connectivity index (χ0n) is 12.4. The summed E-state index contributed by atoms with van der Waals surface area (Å²) in [5.41, 5.74) is 1.78. The summed E-state index contributed by atoms with van der Waals surface area (Å²) in [6, 6.07) is 10.8. The van der Waals surface area contributed by atoms with Gasteiger partial charge >= 0.3 is 0 Å². The molecule has 0 unspecified atom stereocenters. The number of fused-ring (bicyclic) bond motifs is 1. The summed E-state index contributed by atoms with van der Waals surface area (Å²) in [6.07, 6.45) is 0. The van der Waals surface area contributed by atoms with Crippen molar-refractivity contribution in [3.05, 3.63) is 58.1 Å². The minimum atomic E-state index is -0.476. The average molecular weight is 327 g/mol. The first-order valence-corrected chi connectivity index (χ1v) is 7.09. The molecule has 0 fully saturated rings. The van der Waals surface area contributed by atoms with Crippen LogP contribution in [0.1, 0.15) is 10.4 Å². The van der Waals surface area contributed by atoms with E-state index in [2.05, 4.69) is 20.7 Å². The van der Waals surface area contributed by atoms with E-state index in [0.29, 0.717) is 28.9 Å². The zero-order valence-corrected chi connectivity index (χ0v) is 12.4. The molecule has 24 heavy (non-hydrogen) atoms. The minimum Gasteiger partial charge on any atom is -0.492 e. The number of nitrogens with zero attached hydrogens (tertiary/aromatic N) is 3. The smallest absolute Gasteiger partial charge is 0.269 e. The van der Waals surface area contributed by atoms with Gasteiger partial charge < -0.3 is 10.1 Å². The van der Waals surface area contributed by atoms with Crippen LogP contribution in [0.2, 0.25) is 0 Å². The van der Waals surface area contributed by atoms with Crippen LogP contribution in [-0.2, 0) is 0 Å². The molecule has 9 heteroatoms. The first-order valence-electron chi connectivity index (χ1n) is 7.09. The maximum Gasteiger partial charge on any atom is 0.269 e. The molecule has 2 aromatic carbocycles. The zero-order chi connectivity index (χ0) is 16.9. The van der Waals surface area contributed by atoms with Crippen LogP contribution in [0.25, 0.3) is 11.0 Å². The van der Waals surface area contributed by atoms with Crippen LogP contribution in [0, 0.1) is 10.1 Å². The predicted molar refractivity (Wildman–Crippen MR) is 84.8 cm³/mol. The summed E-state index contributed by atoms with van der Waals surface area (Å²) in [7, 11) is 0. The summed E-state index contributed by atoms with van der Waals surface area (Å²) >= 11 is 0. The van der Waals surface area contributed by atoms with Gasteiger partial charge in [-0.15, -0.1) is 0 Å². The van der Waals surface area contributed by atoms with Crippen molar-refractivity contribution < 1.29 is 14.5 Å². The standard InChI is InChI=1S/C15H13N5O4/c21-15(10-1-6-13-14(9-10)18-19-17-13)16-7-8-24-12-4-2-11(3-5-12)20(22)23/h1-6,9H,7-8H2,(H,16,21)(H,17,18,19). The molecule has 0 radical (unpaired) electrons. The topological polar surface area (TPSA) is 123 Å². The van der Waals surface area contributed by atoms with Gasteiger partial charge in [-0.05, 0) is 30.3 Å². The lowest BCUT2D eigenvalue weighted by Gasteiger charge is -2.07. The highest BCUT2D eigenvalue weighted by Crippen LogP contribution is 2.17. The predicted octanol–water partition coefficient (Wildman–Crippen LogP) is 1.67. The Kier molecular flexibility index (Phi) is 4.32. The number of ether oxygens (including phenoxy) is 1. The van der Waals surface area contributed by atoms with Crippen molar-refractivity contribution in [1.82, 2.24) is 20.7 Å². The second-order valence-corrected chi connectivity index (χ2v) is 4.88. The number of carbonyl (C=O) groups excluding carboxylic acids is 1. The number of rotatable bonds is 6. The van der Waals surface area contributed by atoms with Crippen LogP contribution >= 0.6 is 0 Å². The van der Waals surface area contributed by atoms with Gasteiger partial charge in [0, 0.05) is 17.7 Å². The van der Waals surface area contributed by atoms with Crippen LogP contribution < -0.4 is 10.1 Å². The molecule has 1 amide bonds. The highest BCUT2D eigenvalue weighted by molar-refractivity contribution is 5.97. The van der Waals surface area contributed by atoms with Gasteiger partial charge in [0.25, 0.3) is 11.6 Å². The lowest BCUT2D eigenvalue weighted by molar-refractivity contribution is -0.384. The molecular weight excluding hydrogens is 314 g/mol. The monoisotopic (exact) mass is 327 g/mol. The number of aromatic nitrogens is 3. The van der Waals surface area contributed by atoms with E-state index in [0.717, 1.165) is 0 Å². The number of carbonyl (C=O) groups is 1. The molecule has 1 aromatic heterocycles. The van der Waals surface area contributed by atoms with Gasteiger partial charge in [0.1, 0.15) is 23.4 Å². The van der Waals surface area contributed by atoms with Crippen LogP contribution in [0.3, 0.4) is 0 Å². The van der Waals surface area contributed by atoms with E-state index in [9.17, 15) is 14.9 Å². The number of hydrogen-bond acceptors (Lipinski definition) is 6. The van der Waals surface area contributed by atoms with E-state index in [1.54, 1.807) is 18.2 Å². The molecule has 0 aliphatic heterocycles. The largest absolute Gasteiger partial charge is 0.492 e. The molecule has 1 heterocycles. The fourth-order valence-corrected chi connectivity index (χ4v) is 2.08. The Morgan fingerprint density at radius 3 is 2.67 bits per heavy atom. The van der Waals surface area contributed by atoms with Crippen LogP contribution in [0.5, 0.6) is 5.75 Å². The van der Waals surface area contributed by atoms with Gasteiger partial charge in [-0.1, -0.05) is 0 Å². The molecule has 0 spiro atoms. The fraction of sp³-hybridized carbons (Fsp3) is 0.133. The van der Waals surface area contributed by atoms with Crippen LogP contribution in [0.4, 0.5) is 5.69 Å². The number of hydrogen-bond donors (Lipinski definition) is 2. The van der Waals surface area contributed by atoms with E-state index < -0.39 is 4.92 Å². The Morgan fingerprint density at radius 1 is 1.17 bits per heavy atom. The number of aromatic amines is 1. The molecule has 3 aromatic rings. The number of nitrogens with one attached hydrogen (secondary N) is 2. The van der Waals surface area contributed by atoms with E-state index in [1.165, 1.54) is 24.3 Å². The molecule has 0 saturated carbocycles.